The minimum Gasteiger partial charge on any atom is -0.344 e. The Bertz CT molecular complexity index is 677. The molecule has 0 fully saturated rings. The molecule has 0 bridgehead atoms. The van der Waals surface area contributed by atoms with Crippen LogP contribution in [0.25, 0.3) is 0 Å². The molecule has 0 atom stereocenters. The molecule has 1 aromatic heterocycles. The quantitative estimate of drug-likeness (QED) is 0.846. The van der Waals surface area contributed by atoms with Crippen LogP contribution >= 0.6 is 0 Å². The van der Waals surface area contributed by atoms with Crippen molar-refractivity contribution in [2.45, 2.75) is 19.9 Å². The normalized spacial score (nSPS) is 9.81. The van der Waals surface area contributed by atoms with Crippen molar-refractivity contribution >= 4 is 11.6 Å². The summed E-state index contributed by atoms with van der Waals surface area (Å²) in [6, 6.07) is 11.1. The van der Waals surface area contributed by atoms with Crippen LogP contribution in [0.3, 0.4) is 0 Å². The second-order valence-electron chi connectivity index (χ2n) is 4.63. The maximum atomic E-state index is 12.3. The summed E-state index contributed by atoms with van der Waals surface area (Å²) >= 11 is 0. The van der Waals surface area contributed by atoms with Crippen molar-refractivity contribution in [1.82, 2.24) is 4.57 Å². The van der Waals surface area contributed by atoms with Gasteiger partial charge in [0.25, 0.3) is 5.91 Å². The predicted octanol–water partition coefficient (Wildman–Crippen LogP) is 2.46. The van der Waals surface area contributed by atoms with Crippen molar-refractivity contribution in [2.75, 3.05) is 11.9 Å². The molecule has 0 radical (unpaired) electrons. The summed E-state index contributed by atoms with van der Waals surface area (Å²) in [7, 11) is 0. The van der Waals surface area contributed by atoms with Crippen molar-refractivity contribution in [3.63, 3.8) is 0 Å². The molecule has 1 amide bonds. The van der Waals surface area contributed by atoms with E-state index < -0.39 is 0 Å². The molecule has 4 nitrogen and oxygen atoms in total. The molecule has 0 aliphatic heterocycles. The molecule has 108 valence electrons. The van der Waals surface area contributed by atoms with Gasteiger partial charge in [-0.05, 0) is 36.8 Å². The van der Waals surface area contributed by atoms with Crippen molar-refractivity contribution < 1.29 is 4.79 Å². The van der Waals surface area contributed by atoms with Gasteiger partial charge >= 0.3 is 0 Å². The summed E-state index contributed by atoms with van der Waals surface area (Å²) < 4.78 is 1.95. The van der Waals surface area contributed by atoms with Crippen molar-refractivity contribution in [3.05, 3.63) is 53.9 Å². The number of carbonyl (C=O) groups excluding carboxylic acids is 1. The Hall–Kier alpha value is -2.51. The molecule has 2 rings (SSSR count). The van der Waals surface area contributed by atoms with Gasteiger partial charge in [-0.2, -0.15) is 0 Å². The highest BCUT2D eigenvalue weighted by Gasteiger charge is 2.10. The van der Waals surface area contributed by atoms with Crippen LogP contribution in [0, 0.1) is 11.8 Å². The molecule has 3 N–H and O–H groups in total. The Morgan fingerprint density at radius 3 is 2.95 bits per heavy atom. The van der Waals surface area contributed by atoms with Gasteiger partial charge in [-0.1, -0.05) is 24.8 Å². The van der Waals surface area contributed by atoms with E-state index in [9.17, 15) is 4.79 Å². The largest absolute Gasteiger partial charge is 0.344 e. The lowest BCUT2D eigenvalue weighted by molar-refractivity contribution is 0.101. The number of nitrogens with zero attached hydrogens (tertiary/aromatic N) is 1. The summed E-state index contributed by atoms with van der Waals surface area (Å²) in [5, 5.41) is 2.90. The molecule has 2 aromatic rings. The number of benzene rings is 1. The number of aryl methyl sites for hydroxylation is 1. The SMILES string of the molecule is CCCn1cccc1C(=O)Nc1cccc(C#CCN)c1. The molecule has 0 unspecified atom stereocenters. The fourth-order valence-electron chi connectivity index (χ4n) is 2.08. The van der Waals surface area contributed by atoms with Crippen LogP contribution < -0.4 is 11.1 Å². The summed E-state index contributed by atoms with van der Waals surface area (Å²) in [5.74, 6) is 5.64. The first-order chi connectivity index (χ1) is 10.2. The average molecular weight is 281 g/mol. The summed E-state index contributed by atoms with van der Waals surface area (Å²) in [6.45, 7) is 3.24. The van der Waals surface area contributed by atoms with E-state index in [4.69, 9.17) is 5.73 Å². The molecule has 0 aliphatic rings. The Kier molecular flexibility index (Phi) is 5.19. The van der Waals surface area contributed by atoms with Crippen molar-refractivity contribution in [1.29, 1.82) is 0 Å². The number of aromatic nitrogens is 1. The maximum absolute atomic E-state index is 12.3. The monoisotopic (exact) mass is 281 g/mol. The highest BCUT2D eigenvalue weighted by molar-refractivity contribution is 6.03. The highest BCUT2D eigenvalue weighted by atomic mass is 16.1. The van der Waals surface area contributed by atoms with Crippen LogP contribution in [-0.2, 0) is 6.54 Å². The lowest BCUT2D eigenvalue weighted by Gasteiger charge is -2.09. The summed E-state index contributed by atoms with van der Waals surface area (Å²) in [5.41, 5.74) is 7.59. The molecule has 21 heavy (non-hydrogen) atoms. The predicted molar refractivity (Wildman–Crippen MR) is 85.1 cm³/mol. The van der Waals surface area contributed by atoms with E-state index in [2.05, 4.69) is 24.1 Å². The molecule has 1 aromatic carbocycles. The van der Waals surface area contributed by atoms with Crippen LogP contribution in [0.15, 0.2) is 42.6 Å². The third kappa shape index (κ3) is 3.98. The smallest absolute Gasteiger partial charge is 0.272 e. The fourth-order valence-corrected chi connectivity index (χ4v) is 2.08. The van der Waals surface area contributed by atoms with E-state index in [1.165, 1.54) is 0 Å². The van der Waals surface area contributed by atoms with Crippen LogP contribution in [-0.4, -0.2) is 17.0 Å². The van der Waals surface area contributed by atoms with Crippen LogP contribution in [0.4, 0.5) is 5.69 Å². The maximum Gasteiger partial charge on any atom is 0.272 e. The van der Waals surface area contributed by atoms with E-state index in [1.807, 2.05) is 47.2 Å². The number of anilines is 1. The molecule has 0 spiro atoms. The summed E-state index contributed by atoms with van der Waals surface area (Å²) in [6.07, 6.45) is 2.90. The number of amides is 1. The van der Waals surface area contributed by atoms with E-state index in [-0.39, 0.29) is 5.91 Å². The van der Waals surface area contributed by atoms with Gasteiger partial charge in [-0.15, -0.1) is 0 Å². The standard InChI is InChI=1S/C17H19N3O/c1-2-11-20-12-5-9-16(20)17(21)19-15-8-3-6-14(13-15)7-4-10-18/h3,5-6,8-9,12-13H,2,10-11,18H2,1H3,(H,19,21). The number of rotatable bonds is 4. The zero-order chi connectivity index (χ0) is 15.1. The number of hydrogen-bond donors (Lipinski definition) is 2. The second-order valence-corrected chi connectivity index (χ2v) is 4.63. The third-order valence-corrected chi connectivity index (χ3v) is 2.98. The highest BCUT2D eigenvalue weighted by Crippen LogP contribution is 2.12. The molecule has 4 heteroatoms. The summed E-state index contributed by atoms with van der Waals surface area (Å²) in [4.78, 5) is 12.3. The van der Waals surface area contributed by atoms with E-state index in [0.29, 0.717) is 12.2 Å². The number of hydrogen-bond acceptors (Lipinski definition) is 2. The van der Waals surface area contributed by atoms with Gasteiger partial charge in [0.2, 0.25) is 0 Å². The van der Waals surface area contributed by atoms with E-state index in [0.717, 1.165) is 24.2 Å². The minimum atomic E-state index is -0.114. The Morgan fingerprint density at radius 1 is 1.33 bits per heavy atom. The topological polar surface area (TPSA) is 60.0 Å². The third-order valence-electron chi connectivity index (χ3n) is 2.98. The molecular weight excluding hydrogens is 262 g/mol. The lowest BCUT2D eigenvalue weighted by atomic mass is 10.2. The average Bonchev–Trinajstić information content (AvgIpc) is 2.94. The zero-order valence-corrected chi connectivity index (χ0v) is 12.1. The van der Waals surface area contributed by atoms with Crippen molar-refractivity contribution in [3.8, 4) is 11.8 Å². The fraction of sp³-hybridized carbons (Fsp3) is 0.235. The first kappa shape index (κ1) is 14.9. The molecule has 0 saturated carbocycles. The Labute approximate surface area is 125 Å². The lowest BCUT2D eigenvalue weighted by Crippen LogP contribution is -2.16. The van der Waals surface area contributed by atoms with Crippen LogP contribution in [0.1, 0.15) is 29.4 Å². The molecule has 0 saturated heterocycles. The number of nitrogens with two attached hydrogens (primary N) is 1. The van der Waals surface area contributed by atoms with E-state index in [1.54, 1.807) is 0 Å². The zero-order valence-electron chi connectivity index (χ0n) is 12.1. The van der Waals surface area contributed by atoms with Gasteiger partial charge < -0.3 is 15.6 Å². The number of nitrogens with one attached hydrogen (secondary N) is 1. The van der Waals surface area contributed by atoms with Gasteiger partial charge in [0.1, 0.15) is 5.69 Å². The molecular formula is C17H19N3O. The van der Waals surface area contributed by atoms with Gasteiger partial charge in [0, 0.05) is 24.0 Å². The Balaban J connectivity index is 2.14. The Morgan fingerprint density at radius 2 is 2.19 bits per heavy atom. The van der Waals surface area contributed by atoms with Gasteiger partial charge in [0.05, 0.1) is 6.54 Å². The second kappa shape index (κ2) is 7.32. The first-order valence-electron chi connectivity index (χ1n) is 7.00. The molecule has 0 aliphatic carbocycles. The minimum absolute atomic E-state index is 0.114. The van der Waals surface area contributed by atoms with Gasteiger partial charge in [-0.25, -0.2) is 0 Å². The first-order valence-corrected chi connectivity index (χ1v) is 7.00. The number of carbonyl (C=O) groups is 1. The van der Waals surface area contributed by atoms with Gasteiger partial charge in [0.15, 0.2) is 0 Å². The van der Waals surface area contributed by atoms with Gasteiger partial charge in [-0.3, -0.25) is 4.79 Å². The van der Waals surface area contributed by atoms with Crippen LogP contribution in [0.2, 0.25) is 0 Å². The van der Waals surface area contributed by atoms with Crippen LogP contribution in [0.5, 0.6) is 0 Å². The molecule has 1 heterocycles. The van der Waals surface area contributed by atoms with E-state index >= 15 is 0 Å². The van der Waals surface area contributed by atoms with Crippen molar-refractivity contribution in [2.24, 2.45) is 5.73 Å².